The van der Waals surface area contributed by atoms with Crippen molar-refractivity contribution in [2.45, 2.75) is 25.5 Å². The highest BCUT2D eigenvalue weighted by atomic mass is 35.5. The number of halogens is 1. The average Bonchev–Trinajstić information content (AvgIpc) is 2.91. The fourth-order valence-electron chi connectivity index (χ4n) is 4.88. The van der Waals surface area contributed by atoms with Gasteiger partial charge in [-0.1, -0.05) is 41.9 Å². The number of amides is 2. The van der Waals surface area contributed by atoms with Gasteiger partial charge in [0.05, 0.1) is 26.1 Å². The standard InChI is InChI=1S/C29H39ClN4O4/c1-23-17-25(9-10-26(23)30)37-22-29(18-27(35)32(3)19-24-7-5-4-6-8-24)21-34(15-16-38-29)28(36)20-33-13-11-31(2)12-14-33/h4-10,17H,11-16,18-22H2,1-3H3/t29-/m1/s1. The molecule has 0 spiro atoms. The average molecular weight is 543 g/mol. The summed E-state index contributed by atoms with van der Waals surface area (Å²) in [5, 5.41) is 0.666. The number of carbonyl (C=O) groups excluding carboxylic acids is 2. The molecule has 2 amide bonds. The zero-order valence-electron chi connectivity index (χ0n) is 22.7. The lowest BCUT2D eigenvalue weighted by atomic mass is 9.96. The SMILES string of the molecule is Cc1cc(OC[C@@]2(CC(=O)N(C)Cc3ccccc3)CN(C(=O)CN3CCN(C)CC3)CCO2)ccc1Cl. The van der Waals surface area contributed by atoms with Crippen molar-refractivity contribution < 1.29 is 19.1 Å². The highest BCUT2D eigenvalue weighted by molar-refractivity contribution is 6.31. The summed E-state index contributed by atoms with van der Waals surface area (Å²) in [5.41, 5.74) is 1.01. The summed E-state index contributed by atoms with van der Waals surface area (Å²) in [7, 11) is 3.90. The predicted molar refractivity (Wildman–Crippen MR) is 148 cm³/mol. The Morgan fingerprint density at radius 1 is 1.08 bits per heavy atom. The number of ether oxygens (including phenoxy) is 2. The highest BCUT2D eigenvalue weighted by Gasteiger charge is 2.42. The van der Waals surface area contributed by atoms with E-state index in [-0.39, 0.29) is 24.8 Å². The second-order valence-corrected chi connectivity index (χ2v) is 10.9. The van der Waals surface area contributed by atoms with Crippen LogP contribution < -0.4 is 4.74 Å². The van der Waals surface area contributed by atoms with Gasteiger partial charge in [0, 0.05) is 51.3 Å². The van der Waals surface area contributed by atoms with E-state index in [1.54, 1.807) is 18.0 Å². The van der Waals surface area contributed by atoms with Crippen LogP contribution in [0.5, 0.6) is 5.75 Å². The molecule has 2 aliphatic heterocycles. The molecule has 2 heterocycles. The van der Waals surface area contributed by atoms with E-state index in [4.69, 9.17) is 21.1 Å². The van der Waals surface area contributed by atoms with Crippen molar-refractivity contribution in [3.05, 3.63) is 64.7 Å². The molecule has 206 valence electrons. The number of morpholine rings is 1. The molecule has 9 heteroatoms. The lowest BCUT2D eigenvalue weighted by Gasteiger charge is -2.43. The van der Waals surface area contributed by atoms with E-state index in [1.807, 2.05) is 54.3 Å². The molecule has 2 saturated heterocycles. The van der Waals surface area contributed by atoms with Crippen LogP contribution in [0.1, 0.15) is 17.5 Å². The molecule has 1 atom stereocenters. The van der Waals surface area contributed by atoms with Gasteiger partial charge in [-0.3, -0.25) is 14.5 Å². The number of nitrogens with zero attached hydrogens (tertiary/aromatic N) is 4. The molecule has 2 fully saturated rings. The summed E-state index contributed by atoms with van der Waals surface area (Å²) >= 11 is 6.19. The van der Waals surface area contributed by atoms with Crippen molar-refractivity contribution in [3.63, 3.8) is 0 Å². The molecule has 2 aliphatic rings. The molecule has 2 aromatic carbocycles. The third kappa shape index (κ3) is 7.69. The number of hydrogen-bond acceptors (Lipinski definition) is 6. The second-order valence-electron chi connectivity index (χ2n) is 10.5. The Morgan fingerprint density at radius 2 is 1.82 bits per heavy atom. The molecule has 0 radical (unpaired) electrons. The fraction of sp³-hybridized carbons (Fsp3) is 0.517. The lowest BCUT2D eigenvalue weighted by molar-refractivity contribution is -0.166. The number of likely N-dealkylation sites (N-methyl/N-ethyl adjacent to an activating group) is 1. The first-order valence-corrected chi connectivity index (χ1v) is 13.6. The molecule has 2 aromatic rings. The van der Waals surface area contributed by atoms with Gasteiger partial charge < -0.3 is 24.2 Å². The minimum atomic E-state index is -0.953. The Hall–Kier alpha value is -2.65. The first kappa shape index (κ1) is 28.4. The maximum atomic E-state index is 13.4. The molecular formula is C29H39ClN4O4. The molecular weight excluding hydrogens is 504 g/mol. The third-order valence-corrected chi connectivity index (χ3v) is 7.77. The smallest absolute Gasteiger partial charge is 0.236 e. The van der Waals surface area contributed by atoms with Gasteiger partial charge in [-0.05, 0) is 43.3 Å². The van der Waals surface area contributed by atoms with Crippen molar-refractivity contribution in [3.8, 4) is 5.75 Å². The Morgan fingerprint density at radius 3 is 2.53 bits per heavy atom. The van der Waals surface area contributed by atoms with Gasteiger partial charge in [0.2, 0.25) is 11.8 Å². The number of carbonyl (C=O) groups is 2. The Balaban J connectivity index is 1.46. The van der Waals surface area contributed by atoms with E-state index in [9.17, 15) is 9.59 Å². The molecule has 0 unspecified atom stereocenters. The summed E-state index contributed by atoms with van der Waals surface area (Å²) in [4.78, 5) is 34.7. The number of aryl methyl sites for hydroxylation is 1. The van der Waals surface area contributed by atoms with Crippen LogP contribution in [0.2, 0.25) is 5.02 Å². The van der Waals surface area contributed by atoms with Crippen LogP contribution in [-0.2, 0) is 20.9 Å². The van der Waals surface area contributed by atoms with E-state index in [1.165, 1.54) is 0 Å². The van der Waals surface area contributed by atoms with E-state index >= 15 is 0 Å². The summed E-state index contributed by atoms with van der Waals surface area (Å²) in [5.74, 6) is 0.661. The molecule has 0 saturated carbocycles. The molecule has 0 N–H and O–H groups in total. The molecule has 0 bridgehead atoms. The van der Waals surface area contributed by atoms with Gasteiger partial charge in [0.25, 0.3) is 0 Å². The van der Waals surface area contributed by atoms with Crippen molar-refractivity contribution in [2.24, 2.45) is 0 Å². The zero-order valence-corrected chi connectivity index (χ0v) is 23.5. The largest absolute Gasteiger partial charge is 0.490 e. The second kappa shape index (κ2) is 12.9. The maximum absolute atomic E-state index is 13.4. The normalized spacial score (nSPS) is 20.8. The van der Waals surface area contributed by atoms with Gasteiger partial charge in [0.1, 0.15) is 18.0 Å². The highest BCUT2D eigenvalue weighted by Crippen LogP contribution is 2.27. The van der Waals surface area contributed by atoms with Crippen molar-refractivity contribution in [1.29, 1.82) is 0 Å². The predicted octanol–water partition coefficient (Wildman–Crippen LogP) is 2.92. The van der Waals surface area contributed by atoms with Gasteiger partial charge in [0.15, 0.2) is 0 Å². The van der Waals surface area contributed by atoms with E-state index in [0.717, 1.165) is 37.3 Å². The third-order valence-electron chi connectivity index (χ3n) is 7.35. The van der Waals surface area contributed by atoms with Gasteiger partial charge in [-0.2, -0.15) is 0 Å². The maximum Gasteiger partial charge on any atom is 0.236 e. The first-order chi connectivity index (χ1) is 18.2. The molecule has 0 aromatic heterocycles. The Labute approximate surface area is 231 Å². The van der Waals surface area contributed by atoms with Crippen LogP contribution in [0.15, 0.2) is 48.5 Å². The van der Waals surface area contributed by atoms with Gasteiger partial charge in [-0.25, -0.2) is 0 Å². The Bertz CT molecular complexity index is 1090. The first-order valence-electron chi connectivity index (χ1n) is 13.2. The van der Waals surface area contributed by atoms with E-state index < -0.39 is 5.60 Å². The molecule has 0 aliphatic carbocycles. The number of benzene rings is 2. The van der Waals surface area contributed by atoms with Crippen LogP contribution in [0.4, 0.5) is 0 Å². The number of piperazine rings is 1. The fourth-order valence-corrected chi connectivity index (χ4v) is 5.00. The van der Waals surface area contributed by atoms with Crippen LogP contribution >= 0.6 is 11.6 Å². The van der Waals surface area contributed by atoms with Crippen molar-refractivity contribution in [2.75, 3.05) is 73.1 Å². The summed E-state index contributed by atoms with van der Waals surface area (Å²) in [6, 6.07) is 15.4. The van der Waals surface area contributed by atoms with Crippen molar-refractivity contribution in [1.82, 2.24) is 19.6 Å². The van der Waals surface area contributed by atoms with Crippen LogP contribution in [0.3, 0.4) is 0 Å². The topological polar surface area (TPSA) is 65.6 Å². The van der Waals surface area contributed by atoms with Crippen LogP contribution in [-0.4, -0.2) is 110 Å². The zero-order chi connectivity index (χ0) is 27.1. The van der Waals surface area contributed by atoms with Gasteiger partial charge >= 0.3 is 0 Å². The molecule has 38 heavy (non-hydrogen) atoms. The summed E-state index contributed by atoms with van der Waals surface area (Å²) in [6.07, 6.45) is 0.112. The molecule has 4 rings (SSSR count). The summed E-state index contributed by atoms with van der Waals surface area (Å²) < 4.78 is 12.4. The minimum Gasteiger partial charge on any atom is -0.490 e. The van der Waals surface area contributed by atoms with Crippen LogP contribution in [0, 0.1) is 6.92 Å². The number of hydrogen-bond donors (Lipinski definition) is 0. The Kier molecular flexibility index (Phi) is 9.65. The van der Waals surface area contributed by atoms with E-state index in [2.05, 4.69) is 16.8 Å². The van der Waals surface area contributed by atoms with Crippen molar-refractivity contribution >= 4 is 23.4 Å². The van der Waals surface area contributed by atoms with Crippen LogP contribution in [0.25, 0.3) is 0 Å². The van der Waals surface area contributed by atoms with E-state index in [0.29, 0.717) is 43.6 Å². The minimum absolute atomic E-state index is 0.0573. The monoisotopic (exact) mass is 542 g/mol. The van der Waals surface area contributed by atoms with Gasteiger partial charge in [-0.15, -0.1) is 0 Å². The quantitative estimate of drug-likeness (QED) is 0.485. The summed E-state index contributed by atoms with van der Waals surface area (Å²) in [6.45, 7) is 7.77. The lowest BCUT2D eigenvalue weighted by Crippen LogP contribution is -2.59. The molecule has 8 nitrogen and oxygen atoms in total. The number of rotatable bonds is 9.